The second kappa shape index (κ2) is 11.0. The van der Waals surface area contributed by atoms with E-state index in [4.69, 9.17) is 4.74 Å². The Morgan fingerprint density at radius 2 is 1.67 bits per heavy atom. The molecule has 0 aliphatic rings. The molecular formula is C24H29N5O3S. The number of nitrogens with one attached hydrogen (secondary N) is 2. The Hall–Kier alpha value is -3.33. The number of thioether (sulfide) groups is 1. The maximum Gasteiger partial charge on any atom is 0.234 e. The zero-order valence-electron chi connectivity index (χ0n) is 19.6. The Morgan fingerprint density at radius 1 is 1.00 bits per heavy atom. The van der Waals surface area contributed by atoms with Crippen molar-refractivity contribution in [2.24, 2.45) is 0 Å². The first-order valence-corrected chi connectivity index (χ1v) is 11.7. The molecule has 9 heteroatoms. The summed E-state index contributed by atoms with van der Waals surface area (Å²) in [6.07, 6.45) is 0.0847. The molecule has 2 aromatic carbocycles. The smallest absolute Gasteiger partial charge is 0.234 e. The number of rotatable bonds is 9. The van der Waals surface area contributed by atoms with Gasteiger partial charge in [-0.25, -0.2) is 0 Å². The monoisotopic (exact) mass is 467 g/mol. The van der Waals surface area contributed by atoms with Gasteiger partial charge in [0.2, 0.25) is 11.8 Å². The van der Waals surface area contributed by atoms with E-state index in [0.29, 0.717) is 23.2 Å². The van der Waals surface area contributed by atoms with Crippen LogP contribution >= 0.6 is 11.8 Å². The van der Waals surface area contributed by atoms with Gasteiger partial charge < -0.3 is 19.9 Å². The Labute approximate surface area is 198 Å². The standard InChI is InChI=1S/C24H29N5O3S/c1-6-29-20(13-21(30)25-18-7-9-19(32-5)10-8-18)27-28-24(29)33-14-22(31)26-23-16(3)11-15(2)12-17(23)4/h7-12H,6,13-14H2,1-5H3,(H,25,30)(H,26,31). The van der Waals surface area contributed by atoms with Crippen LogP contribution in [-0.2, 0) is 22.6 Å². The summed E-state index contributed by atoms with van der Waals surface area (Å²) in [7, 11) is 1.59. The first-order valence-electron chi connectivity index (χ1n) is 10.7. The molecule has 3 rings (SSSR count). The Bertz CT molecular complexity index is 1120. The van der Waals surface area contributed by atoms with Crippen molar-refractivity contribution in [1.82, 2.24) is 14.8 Å². The summed E-state index contributed by atoms with van der Waals surface area (Å²) in [5, 5.41) is 14.8. The van der Waals surface area contributed by atoms with E-state index in [0.717, 1.165) is 28.1 Å². The maximum atomic E-state index is 12.5. The summed E-state index contributed by atoms with van der Waals surface area (Å²) >= 11 is 1.30. The highest BCUT2D eigenvalue weighted by Crippen LogP contribution is 2.23. The molecule has 0 bridgehead atoms. The van der Waals surface area contributed by atoms with Crippen molar-refractivity contribution < 1.29 is 14.3 Å². The minimum Gasteiger partial charge on any atom is -0.497 e. The third-order valence-corrected chi connectivity index (χ3v) is 6.04. The molecule has 33 heavy (non-hydrogen) atoms. The van der Waals surface area contributed by atoms with Crippen LogP contribution in [0.25, 0.3) is 0 Å². The second-order valence-electron chi connectivity index (χ2n) is 7.71. The van der Waals surface area contributed by atoms with Crippen molar-refractivity contribution in [3.05, 3.63) is 58.9 Å². The van der Waals surface area contributed by atoms with Gasteiger partial charge in [0, 0.05) is 17.9 Å². The van der Waals surface area contributed by atoms with Gasteiger partial charge >= 0.3 is 0 Å². The summed E-state index contributed by atoms with van der Waals surface area (Å²) in [6.45, 7) is 8.56. The quantitative estimate of drug-likeness (QED) is 0.459. The average molecular weight is 468 g/mol. The van der Waals surface area contributed by atoms with Crippen LogP contribution in [0.15, 0.2) is 41.6 Å². The van der Waals surface area contributed by atoms with E-state index < -0.39 is 0 Å². The molecule has 0 aliphatic heterocycles. The fraction of sp³-hybridized carbons (Fsp3) is 0.333. The SMILES string of the molecule is CCn1c(CC(=O)Nc2ccc(OC)cc2)nnc1SCC(=O)Nc1c(C)cc(C)cc1C. The number of amides is 2. The minimum atomic E-state index is -0.193. The largest absolute Gasteiger partial charge is 0.497 e. The van der Waals surface area contributed by atoms with Crippen LogP contribution in [0.5, 0.6) is 5.75 Å². The van der Waals surface area contributed by atoms with Gasteiger partial charge in [-0.15, -0.1) is 10.2 Å². The number of carbonyl (C=O) groups is 2. The molecule has 0 radical (unpaired) electrons. The van der Waals surface area contributed by atoms with E-state index in [1.165, 1.54) is 11.8 Å². The number of hydrogen-bond acceptors (Lipinski definition) is 6. The fourth-order valence-corrected chi connectivity index (χ4v) is 4.40. The number of ether oxygens (including phenoxy) is 1. The van der Waals surface area contributed by atoms with Crippen LogP contribution in [0.1, 0.15) is 29.4 Å². The summed E-state index contributed by atoms with van der Waals surface area (Å²) < 4.78 is 6.98. The maximum absolute atomic E-state index is 12.5. The highest BCUT2D eigenvalue weighted by atomic mass is 32.2. The van der Waals surface area contributed by atoms with Gasteiger partial charge in [-0.05, 0) is 63.1 Å². The third-order valence-electron chi connectivity index (χ3n) is 5.08. The average Bonchev–Trinajstić information content (AvgIpc) is 3.16. The lowest BCUT2D eigenvalue weighted by molar-refractivity contribution is -0.116. The van der Waals surface area contributed by atoms with E-state index in [1.54, 1.807) is 31.4 Å². The summed E-state index contributed by atoms with van der Waals surface area (Å²) in [6, 6.07) is 11.2. The van der Waals surface area contributed by atoms with E-state index in [2.05, 4.69) is 20.8 Å². The van der Waals surface area contributed by atoms with Crippen molar-refractivity contribution in [2.45, 2.75) is 45.8 Å². The summed E-state index contributed by atoms with van der Waals surface area (Å²) in [5.74, 6) is 1.17. The lowest BCUT2D eigenvalue weighted by Gasteiger charge is -2.13. The molecule has 3 aromatic rings. The molecule has 0 aliphatic carbocycles. The van der Waals surface area contributed by atoms with Crippen LogP contribution in [0, 0.1) is 20.8 Å². The molecular weight excluding hydrogens is 438 g/mol. The highest BCUT2D eigenvalue weighted by Gasteiger charge is 2.17. The third kappa shape index (κ3) is 6.35. The number of benzene rings is 2. The Kier molecular flexibility index (Phi) is 8.11. The Morgan fingerprint density at radius 3 is 2.27 bits per heavy atom. The fourth-order valence-electron chi connectivity index (χ4n) is 3.58. The van der Waals surface area contributed by atoms with Gasteiger partial charge in [0.15, 0.2) is 5.16 Å². The first-order chi connectivity index (χ1) is 15.8. The Balaban J connectivity index is 1.59. The van der Waals surface area contributed by atoms with Crippen molar-refractivity contribution >= 4 is 35.0 Å². The predicted octanol–water partition coefficient (Wildman–Crippen LogP) is 4.14. The molecule has 2 amide bonds. The van der Waals surface area contributed by atoms with Gasteiger partial charge in [-0.3, -0.25) is 9.59 Å². The van der Waals surface area contributed by atoms with Crippen LogP contribution in [0.2, 0.25) is 0 Å². The zero-order valence-corrected chi connectivity index (χ0v) is 20.4. The molecule has 2 N–H and O–H groups in total. The van der Waals surface area contributed by atoms with E-state index in [9.17, 15) is 9.59 Å². The number of nitrogens with zero attached hydrogens (tertiary/aromatic N) is 3. The lowest BCUT2D eigenvalue weighted by Crippen LogP contribution is -2.18. The van der Waals surface area contributed by atoms with Crippen molar-refractivity contribution in [3.63, 3.8) is 0 Å². The second-order valence-corrected chi connectivity index (χ2v) is 8.65. The van der Waals surface area contributed by atoms with Crippen molar-refractivity contribution in [2.75, 3.05) is 23.5 Å². The van der Waals surface area contributed by atoms with Crippen LogP contribution in [0.3, 0.4) is 0 Å². The molecule has 174 valence electrons. The van der Waals surface area contributed by atoms with Crippen molar-refractivity contribution in [3.8, 4) is 5.75 Å². The van der Waals surface area contributed by atoms with Gasteiger partial charge in [-0.1, -0.05) is 29.5 Å². The number of carbonyl (C=O) groups excluding carboxylic acids is 2. The highest BCUT2D eigenvalue weighted by molar-refractivity contribution is 7.99. The topological polar surface area (TPSA) is 98.1 Å². The number of hydrogen-bond donors (Lipinski definition) is 2. The van der Waals surface area contributed by atoms with Gasteiger partial charge in [0.1, 0.15) is 11.6 Å². The molecule has 1 heterocycles. The predicted molar refractivity (Wildman–Crippen MR) is 131 cm³/mol. The van der Waals surface area contributed by atoms with Gasteiger partial charge in [-0.2, -0.15) is 0 Å². The number of aryl methyl sites for hydroxylation is 3. The molecule has 0 saturated heterocycles. The lowest BCUT2D eigenvalue weighted by atomic mass is 10.1. The van der Waals surface area contributed by atoms with Gasteiger partial charge in [0.25, 0.3) is 0 Å². The summed E-state index contributed by atoms with van der Waals surface area (Å²) in [5.41, 5.74) is 4.76. The van der Waals surface area contributed by atoms with E-state index in [-0.39, 0.29) is 24.0 Å². The molecule has 0 unspecified atom stereocenters. The molecule has 0 spiro atoms. The van der Waals surface area contributed by atoms with Gasteiger partial charge in [0.05, 0.1) is 19.3 Å². The van der Waals surface area contributed by atoms with Crippen LogP contribution in [0.4, 0.5) is 11.4 Å². The first kappa shape index (κ1) is 24.3. The van der Waals surface area contributed by atoms with Crippen LogP contribution < -0.4 is 15.4 Å². The molecule has 0 atom stereocenters. The van der Waals surface area contributed by atoms with Crippen LogP contribution in [-0.4, -0.2) is 39.4 Å². The molecule has 1 aromatic heterocycles. The normalized spacial score (nSPS) is 10.7. The van der Waals surface area contributed by atoms with E-state index in [1.807, 2.05) is 44.4 Å². The number of methoxy groups -OCH3 is 1. The molecule has 8 nitrogen and oxygen atoms in total. The number of anilines is 2. The minimum absolute atomic E-state index is 0.0847. The van der Waals surface area contributed by atoms with Crippen molar-refractivity contribution in [1.29, 1.82) is 0 Å². The zero-order chi connectivity index (χ0) is 24.0. The summed E-state index contributed by atoms with van der Waals surface area (Å²) in [4.78, 5) is 25.0. The van der Waals surface area contributed by atoms with E-state index >= 15 is 0 Å². The molecule has 0 saturated carbocycles. The molecule has 0 fully saturated rings. The number of aromatic nitrogens is 3.